The smallest absolute Gasteiger partial charge is 0.101 e. The Morgan fingerprint density at radius 1 is 1.38 bits per heavy atom. The van der Waals surface area contributed by atoms with Crippen molar-refractivity contribution in [2.45, 2.75) is 44.8 Å². The maximum Gasteiger partial charge on any atom is 0.101 e. The van der Waals surface area contributed by atoms with Gasteiger partial charge in [0.25, 0.3) is 0 Å². The molecule has 2 aliphatic carbocycles. The van der Waals surface area contributed by atoms with Crippen LogP contribution >= 0.6 is 0 Å². The number of benzene rings is 1. The SMILES string of the molecule is CCCn1nncc1C(O)C1C2CCc3ccccc3C21. The van der Waals surface area contributed by atoms with Crippen LogP contribution in [0, 0.1) is 11.8 Å². The Labute approximate surface area is 124 Å². The lowest BCUT2D eigenvalue weighted by Crippen LogP contribution is -2.11. The molecule has 2 aliphatic rings. The van der Waals surface area contributed by atoms with E-state index in [1.165, 1.54) is 17.5 Å². The fourth-order valence-electron chi connectivity index (χ4n) is 4.13. The fourth-order valence-corrected chi connectivity index (χ4v) is 4.13. The molecule has 4 nitrogen and oxygen atoms in total. The summed E-state index contributed by atoms with van der Waals surface area (Å²) in [5.41, 5.74) is 3.80. The zero-order chi connectivity index (χ0) is 14.4. The highest BCUT2D eigenvalue weighted by Gasteiger charge is 2.57. The van der Waals surface area contributed by atoms with Gasteiger partial charge in [-0.3, -0.25) is 0 Å². The van der Waals surface area contributed by atoms with Gasteiger partial charge in [0.2, 0.25) is 0 Å². The van der Waals surface area contributed by atoms with Crippen molar-refractivity contribution in [3.63, 3.8) is 0 Å². The van der Waals surface area contributed by atoms with Gasteiger partial charge in [0.15, 0.2) is 0 Å². The lowest BCUT2D eigenvalue weighted by atomic mass is 9.92. The van der Waals surface area contributed by atoms with Crippen LogP contribution in [0.5, 0.6) is 0 Å². The molecule has 1 aromatic carbocycles. The largest absolute Gasteiger partial charge is 0.386 e. The third kappa shape index (κ3) is 2.01. The summed E-state index contributed by atoms with van der Waals surface area (Å²) in [6.07, 6.45) is 4.64. The van der Waals surface area contributed by atoms with Gasteiger partial charge in [-0.2, -0.15) is 0 Å². The molecule has 4 heteroatoms. The van der Waals surface area contributed by atoms with E-state index >= 15 is 0 Å². The number of aliphatic hydroxyl groups excluding tert-OH is 1. The van der Waals surface area contributed by atoms with E-state index in [2.05, 4.69) is 41.5 Å². The van der Waals surface area contributed by atoms with Crippen molar-refractivity contribution in [2.24, 2.45) is 11.8 Å². The van der Waals surface area contributed by atoms with E-state index in [1.54, 1.807) is 6.20 Å². The number of hydrogen-bond acceptors (Lipinski definition) is 3. The summed E-state index contributed by atoms with van der Waals surface area (Å²) in [4.78, 5) is 0. The Hall–Kier alpha value is -1.68. The molecule has 4 atom stereocenters. The number of nitrogens with zero attached hydrogens (tertiary/aromatic N) is 3. The summed E-state index contributed by atoms with van der Waals surface area (Å²) >= 11 is 0. The highest BCUT2D eigenvalue weighted by molar-refractivity contribution is 5.40. The second-order valence-corrected chi connectivity index (χ2v) is 6.33. The normalized spacial score (nSPS) is 27.8. The second kappa shape index (κ2) is 4.95. The van der Waals surface area contributed by atoms with Crippen LogP contribution in [-0.4, -0.2) is 20.1 Å². The zero-order valence-electron chi connectivity index (χ0n) is 12.3. The summed E-state index contributed by atoms with van der Waals surface area (Å²) < 4.78 is 1.86. The predicted octanol–water partition coefficient (Wildman–Crippen LogP) is 2.70. The van der Waals surface area contributed by atoms with E-state index in [-0.39, 0.29) is 0 Å². The summed E-state index contributed by atoms with van der Waals surface area (Å²) in [6, 6.07) is 8.70. The molecule has 2 aromatic rings. The molecule has 1 N–H and O–H groups in total. The third-order valence-corrected chi connectivity index (χ3v) is 5.14. The molecule has 0 bridgehead atoms. The molecule has 110 valence electrons. The molecule has 4 unspecified atom stereocenters. The molecule has 0 aliphatic heterocycles. The lowest BCUT2D eigenvalue weighted by molar-refractivity contribution is 0.134. The molecule has 4 rings (SSSR count). The highest BCUT2D eigenvalue weighted by atomic mass is 16.3. The van der Waals surface area contributed by atoms with E-state index in [0.717, 1.165) is 25.1 Å². The van der Waals surface area contributed by atoms with Gasteiger partial charge in [0.05, 0.1) is 11.9 Å². The lowest BCUT2D eigenvalue weighted by Gasteiger charge is -2.13. The van der Waals surface area contributed by atoms with Crippen LogP contribution in [0.4, 0.5) is 0 Å². The van der Waals surface area contributed by atoms with E-state index in [9.17, 15) is 5.11 Å². The zero-order valence-corrected chi connectivity index (χ0v) is 12.3. The van der Waals surface area contributed by atoms with Crippen LogP contribution in [0.1, 0.15) is 48.6 Å². The number of aromatic nitrogens is 3. The first-order valence-corrected chi connectivity index (χ1v) is 7.95. The standard InChI is InChI=1S/C17H21N3O/c1-2-9-20-14(10-18-19-20)17(21)16-13-8-7-11-5-3-4-6-12(11)15(13)16/h3-6,10,13,15-17,21H,2,7-9H2,1H3. The quantitative estimate of drug-likeness (QED) is 0.938. The van der Waals surface area contributed by atoms with Crippen LogP contribution in [0.15, 0.2) is 30.5 Å². The van der Waals surface area contributed by atoms with Gasteiger partial charge < -0.3 is 5.11 Å². The monoisotopic (exact) mass is 283 g/mol. The van der Waals surface area contributed by atoms with Gasteiger partial charge in [-0.25, -0.2) is 4.68 Å². The minimum absolute atomic E-state index is 0.336. The van der Waals surface area contributed by atoms with E-state index in [0.29, 0.717) is 17.8 Å². The third-order valence-electron chi connectivity index (χ3n) is 5.14. The molecule has 0 saturated heterocycles. The van der Waals surface area contributed by atoms with Crippen molar-refractivity contribution in [2.75, 3.05) is 0 Å². The molecular weight excluding hydrogens is 262 g/mol. The maximum atomic E-state index is 10.8. The van der Waals surface area contributed by atoms with E-state index in [4.69, 9.17) is 0 Å². The van der Waals surface area contributed by atoms with Crippen molar-refractivity contribution in [3.05, 3.63) is 47.3 Å². The molecule has 1 fully saturated rings. The minimum atomic E-state index is -0.437. The second-order valence-electron chi connectivity index (χ2n) is 6.33. The van der Waals surface area contributed by atoms with Crippen LogP contribution in [0.3, 0.4) is 0 Å². The molecule has 0 amide bonds. The van der Waals surface area contributed by atoms with Gasteiger partial charge in [-0.15, -0.1) is 5.10 Å². The predicted molar refractivity (Wildman–Crippen MR) is 79.8 cm³/mol. The van der Waals surface area contributed by atoms with Crippen molar-refractivity contribution < 1.29 is 5.11 Å². The van der Waals surface area contributed by atoms with Crippen molar-refractivity contribution in [1.82, 2.24) is 15.0 Å². The number of aryl methyl sites for hydroxylation is 2. The van der Waals surface area contributed by atoms with Gasteiger partial charge in [-0.1, -0.05) is 36.4 Å². The fraction of sp³-hybridized carbons (Fsp3) is 0.529. The van der Waals surface area contributed by atoms with Crippen LogP contribution < -0.4 is 0 Å². The number of aliphatic hydroxyl groups is 1. The van der Waals surface area contributed by atoms with Crippen molar-refractivity contribution in [3.8, 4) is 0 Å². The summed E-state index contributed by atoms with van der Waals surface area (Å²) in [5, 5.41) is 18.9. The first kappa shape index (κ1) is 13.0. The Morgan fingerprint density at radius 2 is 2.24 bits per heavy atom. The average Bonchev–Trinajstić information content (AvgIpc) is 3.09. The summed E-state index contributed by atoms with van der Waals surface area (Å²) in [7, 11) is 0. The Morgan fingerprint density at radius 3 is 3.10 bits per heavy atom. The van der Waals surface area contributed by atoms with Crippen molar-refractivity contribution >= 4 is 0 Å². The van der Waals surface area contributed by atoms with Gasteiger partial charge in [0, 0.05) is 12.5 Å². The number of fused-ring (bicyclic) bond motifs is 3. The Bertz CT molecular complexity index is 651. The Balaban J connectivity index is 1.60. The van der Waals surface area contributed by atoms with Crippen LogP contribution in [-0.2, 0) is 13.0 Å². The molecule has 0 spiro atoms. The highest BCUT2D eigenvalue weighted by Crippen LogP contribution is 2.64. The van der Waals surface area contributed by atoms with Gasteiger partial charge in [0.1, 0.15) is 6.10 Å². The summed E-state index contributed by atoms with van der Waals surface area (Å²) in [6.45, 7) is 2.94. The molecule has 1 aromatic heterocycles. The first-order valence-electron chi connectivity index (χ1n) is 7.95. The first-order chi connectivity index (χ1) is 10.3. The molecular formula is C17H21N3O. The summed E-state index contributed by atoms with van der Waals surface area (Å²) in [5.74, 6) is 1.48. The topological polar surface area (TPSA) is 50.9 Å². The number of hydrogen-bond donors (Lipinski definition) is 1. The van der Waals surface area contributed by atoms with E-state index in [1.807, 2.05) is 4.68 Å². The maximum absolute atomic E-state index is 10.8. The molecule has 0 radical (unpaired) electrons. The van der Waals surface area contributed by atoms with Crippen molar-refractivity contribution in [1.29, 1.82) is 0 Å². The molecule has 1 saturated carbocycles. The number of rotatable bonds is 4. The van der Waals surface area contributed by atoms with Crippen LogP contribution in [0.2, 0.25) is 0 Å². The Kier molecular flexibility index (Phi) is 3.07. The average molecular weight is 283 g/mol. The van der Waals surface area contributed by atoms with Gasteiger partial charge >= 0.3 is 0 Å². The van der Waals surface area contributed by atoms with Crippen LogP contribution in [0.25, 0.3) is 0 Å². The molecule has 1 heterocycles. The molecule has 21 heavy (non-hydrogen) atoms. The minimum Gasteiger partial charge on any atom is -0.386 e. The van der Waals surface area contributed by atoms with Gasteiger partial charge in [-0.05, 0) is 42.2 Å². The van der Waals surface area contributed by atoms with E-state index < -0.39 is 6.10 Å².